The van der Waals surface area contributed by atoms with Crippen LogP contribution in [-0.4, -0.2) is 37.1 Å². The van der Waals surface area contributed by atoms with Crippen molar-refractivity contribution in [1.29, 1.82) is 0 Å². The van der Waals surface area contributed by atoms with Crippen molar-refractivity contribution in [3.05, 3.63) is 65.2 Å². The monoisotopic (exact) mass is 414 g/mol. The molecule has 0 aromatic heterocycles. The number of benzene rings is 2. The Morgan fingerprint density at radius 2 is 1.83 bits per heavy atom. The lowest BCUT2D eigenvalue weighted by atomic mass is 10.1. The zero-order valence-electron chi connectivity index (χ0n) is 16.7. The molecular weight excluding hydrogens is 388 g/mol. The van der Waals surface area contributed by atoms with Crippen LogP contribution in [0, 0.1) is 13.8 Å². The summed E-state index contributed by atoms with van der Waals surface area (Å²) in [6.07, 6.45) is 1.80. The summed E-state index contributed by atoms with van der Waals surface area (Å²) in [6, 6.07) is 13.7. The molecule has 154 valence electrons. The van der Waals surface area contributed by atoms with Crippen LogP contribution in [0.2, 0.25) is 0 Å². The molecule has 7 heteroatoms. The molecule has 0 unspecified atom stereocenters. The maximum atomic E-state index is 13.1. The Labute approximate surface area is 172 Å². The van der Waals surface area contributed by atoms with Crippen LogP contribution in [0.3, 0.4) is 0 Å². The van der Waals surface area contributed by atoms with E-state index in [1.54, 1.807) is 12.1 Å². The lowest BCUT2D eigenvalue weighted by Gasteiger charge is -2.24. The number of hydrogen-bond acceptors (Lipinski definition) is 4. The number of amides is 2. The fraction of sp³-hybridized carbons (Fsp3) is 0.364. The van der Waals surface area contributed by atoms with E-state index in [4.69, 9.17) is 0 Å². The molecule has 1 atom stereocenters. The van der Waals surface area contributed by atoms with Crippen molar-refractivity contribution in [1.82, 2.24) is 9.62 Å². The molecule has 0 aliphatic carbocycles. The van der Waals surface area contributed by atoms with Gasteiger partial charge in [-0.1, -0.05) is 36.4 Å². The summed E-state index contributed by atoms with van der Waals surface area (Å²) < 4.78 is 26.9. The van der Waals surface area contributed by atoms with Crippen LogP contribution in [0.5, 0.6) is 0 Å². The van der Waals surface area contributed by atoms with Crippen molar-refractivity contribution >= 4 is 21.8 Å². The first kappa shape index (κ1) is 21.0. The molecule has 1 saturated heterocycles. The average molecular weight is 415 g/mol. The number of aryl methyl sites for hydroxylation is 3. The summed E-state index contributed by atoms with van der Waals surface area (Å²) in [7, 11) is -4.07. The molecule has 2 aromatic rings. The SMILES string of the molecule is Cc1ccc(S(=O)(=O)N2C(=O)CC[C@@H]2C(=O)NCCCc2ccccc2)cc1C. The van der Waals surface area contributed by atoms with Crippen LogP contribution < -0.4 is 5.32 Å². The summed E-state index contributed by atoms with van der Waals surface area (Å²) in [5.74, 6) is -0.955. The molecule has 1 heterocycles. The first-order chi connectivity index (χ1) is 13.8. The van der Waals surface area contributed by atoms with E-state index in [-0.39, 0.29) is 17.7 Å². The van der Waals surface area contributed by atoms with E-state index in [9.17, 15) is 18.0 Å². The van der Waals surface area contributed by atoms with Crippen LogP contribution in [0.25, 0.3) is 0 Å². The van der Waals surface area contributed by atoms with Crippen LogP contribution in [0.4, 0.5) is 0 Å². The fourth-order valence-corrected chi connectivity index (χ4v) is 5.14. The maximum absolute atomic E-state index is 13.1. The Hall–Kier alpha value is -2.67. The summed E-state index contributed by atoms with van der Waals surface area (Å²) in [5.41, 5.74) is 2.96. The second-order valence-electron chi connectivity index (χ2n) is 7.38. The molecular formula is C22H26N2O4S. The van der Waals surface area contributed by atoms with Gasteiger partial charge in [0, 0.05) is 13.0 Å². The van der Waals surface area contributed by atoms with Crippen molar-refractivity contribution in [2.75, 3.05) is 6.54 Å². The molecule has 0 saturated carbocycles. The van der Waals surface area contributed by atoms with Gasteiger partial charge in [0.05, 0.1) is 4.90 Å². The van der Waals surface area contributed by atoms with Crippen molar-refractivity contribution in [2.45, 2.75) is 50.5 Å². The largest absolute Gasteiger partial charge is 0.354 e. The first-order valence-corrected chi connectivity index (χ1v) is 11.2. The van der Waals surface area contributed by atoms with Gasteiger partial charge in [-0.15, -0.1) is 0 Å². The minimum atomic E-state index is -4.07. The quantitative estimate of drug-likeness (QED) is 0.706. The predicted molar refractivity (Wildman–Crippen MR) is 111 cm³/mol. The minimum absolute atomic E-state index is 0.0396. The van der Waals surface area contributed by atoms with Crippen LogP contribution in [0.1, 0.15) is 36.0 Å². The van der Waals surface area contributed by atoms with E-state index in [2.05, 4.69) is 5.32 Å². The second kappa shape index (κ2) is 8.78. The van der Waals surface area contributed by atoms with Gasteiger partial charge in [0.2, 0.25) is 11.8 Å². The average Bonchev–Trinajstić information content (AvgIpc) is 3.10. The summed E-state index contributed by atoms with van der Waals surface area (Å²) in [6.45, 7) is 4.13. The molecule has 0 spiro atoms. The Morgan fingerprint density at radius 3 is 2.52 bits per heavy atom. The number of carbonyl (C=O) groups is 2. The predicted octanol–water partition coefficient (Wildman–Crippen LogP) is 2.73. The summed E-state index contributed by atoms with van der Waals surface area (Å²) >= 11 is 0. The van der Waals surface area contributed by atoms with Gasteiger partial charge >= 0.3 is 0 Å². The number of nitrogens with one attached hydrogen (secondary N) is 1. The second-order valence-corrected chi connectivity index (χ2v) is 9.19. The molecule has 3 rings (SSSR count). The molecule has 2 aromatic carbocycles. The highest BCUT2D eigenvalue weighted by Crippen LogP contribution is 2.28. The third kappa shape index (κ3) is 4.67. The van der Waals surface area contributed by atoms with Crippen molar-refractivity contribution in [2.24, 2.45) is 0 Å². The summed E-state index contributed by atoms with van der Waals surface area (Å²) in [5, 5.41) is 2.79. The number of nitrogens with zero attached hydrogens (tertiary/aromatic N) is 1. The molecule has 6 nitrogen and oxygen atoms in total. The highest BCUT2D eigenvalue weighted by molar-refractivity contribution is 7.89. The fourth-order valence-electron chi connectivity index (χ4n) is 3.46. The standard InChI is InChI=1S/C22H26N2O4S/c1-16-10-11-19(15-17(16)2)29(27,28)24-20(12-13-21(24)25)22(26)23-14-6-9-18-7-4-3-5-8-18/h3-5,7-8,10-11,15,20H,6,9,12-14H2,1-2H3,(H,23,26)/t20-/m1/s1. The van der Waals surface area contributed by atoms with E-state index in [1.165, 1.54) is 11.6 Å². The zero-order chi connectivity index (χ0) is 21.0. The third-order valence-corrected chi connectivity index (χ3v) is 7.11. The highest BCUT2D eigenvalue weighted by atomic mass is 32.2. The lowest BCUT2D eigenvalue weighted by Crippen LogP contribution is -2.47. The molecule has 1 aliphatic heterocycles. The molecule has 0 bridgehead atoms. The van der Waals surface area contributed by atoms with E-state index in [0.717, 1.165) is 28.3 Å². The van der Waals surface area contributed by atoms with Crippen molar-refractivity contribution in [3.8, 4) is 0 Å². The Balaban J connectivity index is 1.67. The Kier molecular flexibility index (Phi) is 6.37. The molecule has 1 fully saturated rings. The van der Waals surface area contributed by atoms with Gasteiger partial charge in [-0.2, -0.15) is 0 Å². The van der Waals surface area contributed by atoms with Crippen LogP contribution in [-0.2, 0) is 26.0 Å². The first-order valence-electron chi connectivity index (χ1n) is 9.77. The van der Waals surface area contributed by atoms with E-state index >= 15 is 0 Å². The highest BCUT2D eigenvalue weighted by Gasteiger charge is 2.44. The normalized spacial score (nSPS) is 16.8. The van der Waals surface area contributed by atoms with Crippen molar-refractivity contribution in [3.63, 3.8) is 0 Å². The Morgan fingerprint density at radius 1 is 1.10 bits per heavy atom. The molecule has 0 radical (unpaired) electrons. The van der Waals surface area contributed by atoms with Gasteiger partial charge in [0.1, 0.15) is 6.04 Å². The van der Waals surface area contributed by atoms with Gasteiger partial charge < -0.3 is 5.32 Å². The van der Waals surface area contributed by atoms with Crippen molar-refractivity contribution < 1.29 is 18.0 Å². The summed E-state index contributed by atoms with van der Waals surface area (Å²) in [4.78, 5) is 25.0. The third-order valence-electron chi connectivity index (χ3n) is 5.28. The van der Waals surface area contributed by atoms with Crippen LogP contribution in [0.15, 0.2) is 53.4 Å². The van der Waals surface area contributed by atoms with E-state index < -0.39 is 27.9 Å². The minimum Gasteiger partial charge on any atom is -0.354 e. The van der Waals surface area contributed by atoms with Gasteiger partial charge in [0.25, 0.3) is 10.0 Å². The smallest absolute Gasteiger partial charge is 0.267 e. The topological polar surface area (TPSA) is 83.6 Å². The molecule has 2 amide bonds. The number of carbonyl (C=O) groups excluding carboxylic acids is 2. The van der Waals surface area contributed by atoms with E-state index in [1.807, 2.05) is 44.2 Å². The number of sulfonamides is 1. The molecule has 1 N–H and O–H groups in total. The zero-order valence-corrected chi connectivity index (χ0v) is 17.5. The van der Waals surface area contributed by atoms with Crippen LogP contribution >= 0.6 is 0 Å². The van der Waals surface area contributed by atoms with Gasteiger partial charge in [-0.05, 0) is 61.9 Å². The number of rotatable bonds is 7. The molecule has 1 aliphatic rings. The molecule has 29 heavy (non-hydrogen) atoms. The number of hydrogen-bond donors (Lipinski definition) is 1. The maximum Gasteiger partial charge on any atom is 0.267 e. The van der Waals surface area contributed by atoms with Gasteiger partial charge in [0.15, 0.2) is 0 Å². The van der Waals surface area contributed by atoms with Gasteiger partial charge in [-0.25, -0.2) is 12.7 Å². The lowest BCUT2D eigenvalue weighted by molar-refractivity contribution is -0.130. The Bertz CT molecular complexity index is 1000. The van der Waals surface area contributed by atoms with E-state index in [0.29, 0.717) is 6.54 Å². The van der Waals surface area contributed by atoms with Gasteiger partial charge in [-0.3, -0.25) is 9.59 Å².